The molecule has 5 nitrogen and oxygen atoms in total. The van der Waals surface area contributed by atoms with Crippen molar-refractivity contribution >= 4 is 5.97 Å². The van der Waals surface area contributed by atoms with E-state index < -0.39 is 12.0 Å². The van der Waals surface area contributed by atoms with Crippen LogP contribution in [0.15, 0.2) is 28.9 Å². The molecule has 0 saturated heterocycles. The lowest BCUT2D eigenvalue weighted by Crippen LogP contribution is -2.35. The number of carboxylic acid groups (broad SMARTS) is 1. The minimum Gasteiger partial charge on any atom is -0.480 e. The summed E-state index contributed by atoms with van der Waals surface area (Å²) in [5.74, 6) is -0.286. The Morgan fingerprint density at radius 3 is 2.57 bits per heavy atom. The zero-order valence-electron chi connectivity index (χ0n) is 12.5. The van der Waals surface area contributed by atoms with Crippen LogP contribution in [-0.2, 0) is 17.6 Å². The van der Waals surface area contributed by atoms with Crippen LogP contribution in [0.3, 0.4) is 0 Å². The van der Waals surface area contributed by atoms with Gasteiger partial charge in [-0.15, -0.1) is 0 Å². The maximum absolute atomic E-state index is 11.0. The lowest BCUT2D eigenvalue weighted by Gasteiger charge is -2.07. The molecule has 2 N–H and O–H groups in total. The van der Waals surface area contributed by atoms with Gasteiger partial charge in [0, 0.05) is 12.8 Å². The fourth-order valence-electron chi connectivity index (χ4n) is 2.39. The first-order chi connectivity index (χ1) is 9.97. The molecule has 0 aliphatic heterocycles. The Hall–Kier alpha value is -2.14. The number of oxazole rings is 1. The maximum atomic E-state index is 11.0. The highest BCUT2D eigenvalue weighted by Gasteiger charge is 2.17. The Morgan fingerprint density at radius 2 is 2.00 bits per heavy atom. The maximum Gasteiger partial charge on any atom is 0.321 e. The number of rotatable bonds is 6. The Balaban J connectivity index is 2.07. The zero-order chi connectivity index (χ0) is 15.4. The summed E-state index contributed by atoms with van der Waals surface area (Å²) >= 11 is 0. The molecule has 1 aromatic heterocycles. The van der Waals surface area contributed by atoms with Crippen LogP contribution >= 0.6 is 0 Å². The van der Waals surface area contributed by atoms with E-state index in [1.54, 1.807) is 7.05 Å². The van der Waals surface area contributed by atoms with Crippen molar-refractivity contribution in [2.24, 2.45) is 0 Å². The van der Waals surface area contributed by atoms with Crippen LogP contribution in [-0.4, -0.2) is 29.1 Å². The van der Waals surface area contributed by atoms with Gasteiger partial charge in [0.1, 0.15) is 12.3 Å². The Morgan fingerprint density at radius 1 is 1.33 bits per heavy atom. The Bertz CT molecular complexity index is 614. The van der Waals surface area contributed by atoms with E-state index in [4.69, 9.17) is 9.52 Å². The summed E-state index contributed by atoms with van der Waals surface area (Å²) in [6.45, 7) is 4.11. The molecule has 1 aromatic carbocycles. The van der Waals surface area contributed by atoms with Gasteiger partial charge in [-0.2, -0.15) is 0 Å². The minimum absolute atomic E-state index is 0.308. The number of hydrogen-bond acceptors (Lipinski definition) is 4. The predicted molar refractivity (Wildman–Crippen MR) is 79.4 cm³/mol. The molecule has 1 unspecified atom stereocenters. The lowest BCUT2D eigenvalue weighted by atomic mass is 10.1. The highest BCUT2D eigenvalue weighted by atomic mass is 16.4. The SMILES string of the molecule is CNC(Cc1coc(Cc2cc(C)cc(C)c2)n1)C(=O)O. The van der Waals surface area contributed by atoms with E-state index in [1.165, 1.54) is 17.4 Å². The van der Waals surface area contributed by atoms with Crippen LogP contribution < -0.4 is 5.32 Å². The molecule has 0 aliphatic rings. The number of carboxylic acids is 1. The van der Waals surface area contributed by atoms with Gasteiger partial charge < -0.3 is 14.8 Å². The van der Waals surface area contributed by atoms with Gasteiger partial charge in [0.05, 0.1) is 5.69 Å². The van der Waals surface area contributed by atoms with Crippen molar-refractivity contribution in [2.45, 2.75) is 32.7 Å². The molecule has 2 aromatic rings. The monoisotopic (exact) mass is 288 g/mol. The van der Waals surface area contributed by atoms with Crippen molar-refractivity contribution in [2.75, 3.05) is 7.05 Å². The molecule has 1 atom stereocenters. The van der Waals surface area contributed by atoms with Crippen molar-refractivity contribution < 1.29 is 14.3 Å². The largest absolute Gasteiger partial charge is 0.480 e. The van der Waals surface area contributed by atoms with E-state index in [0.717, 1.165) is 5.56 Å². The van der Waals surface area contributed by atoms with Crippen LogP contribution in [0.25, 0.3) is 0 Å². The summed E-state index contributed by atoms with van der Waals surface area (Å²) in [6.07, 6.45) is 2.45. The molecule has 0 saturated carbocycles. The van der Waals surface area contributed by atoms with Gasteiger partial charge in [0.25, 0.3) is 0 Å². The first-order valence-corrected chi connectivity index (χ1v) is 6.88. The zero-order valence-corrected chi connectivity index (χ0v) is 12.5. The molecular formula is C16H20N2O3. The summed E-state index contributed by atoms with van der Waals surface area (Å²) in [5, 5.41) is 11.8. The van der Waals surface area contributed by atoms with Crippen molar-refractivity contribution in [3.63, 3.8) is 0 Å². The van der Waals surface area contributed by atoms with Crippen molar-refractivity contribution in [3.8, 4) is 0 Å². The second-order valence-corrected chi connectivity index (χ2v) is 5.29. The molecule has 2 rings (SSSR count). The van der Waals surface area contributed by atoms with Crippen molar-refractivity contribution in [1.82, 2.24) is 10.3 Å². The summed E-state index contributed by atoms with van der Waals surface area (Å²) in [4.78, 5) is 15.4. The first kappa shape index (κ1) is 15.3. The Labute approximate surface area is 124 Å². The van der Waals surface area contributed by atoms with Gasteiger partial charge in [-0.05, 0) is 26.5 Å². The molecule has 21 heavy (non-hydrogen) atoms. The summed E-state index contributed by atoms with van der Waals surface area (Å²) < 4.78 is 5.44. The van der Waals surface area contributed by atoms with Crippen molar-refractivity contribution in [3.05, 3.63) is 52.7 Å². The third kappa shape index (κ3) is 4.16. The van der Waals surface area contributed by atoms with E-state index in [0.29, 0.717) is 24.4 Å². The summed E-state index contributed by atoms with van der Waals surface area (Å²) in [6, 6.07) is 5.67. The predicted octanol–water partition coefficient (Wildman–Crippen LogP) is 2.10. The standard InChI is InChI=1S/C16H20N2O3/c1-10-4-11(2)6-12(5-10)7-15-18-13(9-21-15)8-14(17-3)16(19)20/h4-6,9,14,17H,7-8H2,1-3H3,(H,19,20). The topological polar surface area (TPSA) is 75.4 Å². The molecule has 5 heteroatoms. The third-order valence-electron chi connectivity index (χ3n) is 3.30. The van der Waals surface area contributed by atoms with Gasteiger partial charge in [-0.25, -0.2) is 4.98 Å². The van der Waals surface area contributed by atoms with E-state index in [2.05, 4.69) is 42.3 Å². The lowest BCUT2D eigenvalue weighted by molar-refractivity contribution is -0.139. The summed E-state index contributed by atoms with van der Waals surface area (Å²) in [7, 11) is 1.62. The smallest absolute Gasteiger partial charge is 0.321 e. The van der Waals surface area contributed by atoms with Gasteiger partial charge >= 0.3 is 5.97 Å². The van der Waals surface area contributed by atoms with Crippen LogP contribution in [0.1, 0.15) is 28.3 Å². The number of aliphatic carboxylic acids is 1. The molecule has 1 heterocycles. The number of hydrogen-bond donors (Lipinski definition) is 2. The molecule has 0 radical (unpaired) electrons. The van der Waals surface area contributed by atoms with Gasteiger partial charge in [-0.3, -0.25) is 4.79 Å². The van der Waals surface area contributed by atoms with Crippen LogP contribution in [0.2, 0.25) is 0 Å². The number of carbonyl (C=O) groups is 1. The quantitative estimate of drug-likeness (QED) is 0.851. The third-order valence-corrected chi connectivity index (χ3v) is 3.30. The van der Waals surface area contributed by atoms with Crippen molar-refractivity contribution in [1.29, 1.82) is 0 Å². The fourth-order valence-corrected chi connectivity index (χ4v) is 2.39. The van der Waals surface area contributed by atoms with E-state index >= 15 is 0 Å². The highest BCUT2D eigenvalue weighted by molar-refractivity contribution is 5.73. The molecule has 0 amide bonds. The Kier molecular flexibility index (Phi) is 4.75. The number of likely N-dealkylation sites (N-methyl/N-ethyl adjacent to an activating group) is 1. The van der Waals surface area contributed by atoms with E-state index in [-0.39, 0.29) is 0 Å². The second-order valence-electron chi connectivity index (χ2n) is 5.29. The number of nitrogens with zero attached hydrogens (tertiary/aromatic N) is 1. The second kappa shape index (κ2) is 6.54. The average molecular weight is 288 g/mol. The normalized spacial score (nSPS) is 12.3. The molecule has 0 aliphatic carbocycles. The van der Waals surface area contributed by atoms with Crippen LogP contribution in [0.5, 0.6) is 0 Å². The number of nitrogens with one attached hydrogen (secondary N) is 1. The van der Waals surface area contributed by atoms with Crippen LogP contribution in [0, 0.1) is 13.8 Å². The average Bonchev–Trinajstić information content (AvgIpc) is 2.81. The van der Waals surface area contributed by atoms with E-state index in [9.17, 15) is 4.79 Å². The highest BCUT2D eigenvalue weighted by Crippen LogP contribution is 2.14. The fraction of sp³-hybridized carbons (Fsp3) is 0.375. The van der Waals surface area contributed by atoms with Gasteiger partial charge in [0.2, 0.25) is 0 Å². The first-order valence-electron chi connectivity index (χ1n) is 6.88. The molecule has 0 spiro atoms. The number of aromatic nitrogens is 1. The summed E-state index contributed by atoms with van der Waals surface area (Å²) in [5.41, 5.74) is 4.20. The number of aryl methyl sites for hydroxylation is 2. The minimum atomic E-state index is -0.892. The molecule has 112 valence electrons. The molecular weight excluding hydrogens is 268 g/mol. The van der Waals surface area contributed by atoms with E-state index in [1.807, 2.05) is 0 Å². The molecule has 0 bridgehead atoms. The number of benzene rings is 1. The molecule has 0 fully saturated rings. The van der Waals surface area contributed by atoms with Gasteiger partial charge in [0.15, 0.2) is 5.89 Å². The van der Waals surface area contributed by atoms with Crippen LogP contribution in [0.4, 0.5) is 0 Å². The van der Waals surface area contributed by atoms with Gasteiger partial charge in [-0.1, -0.05) is 29.3 Å².